The van der Waals surface area contributed by atoms with E-state index in [0.717, 1.165) is 18.9 Å². The Hall–Kier alpha value is -2.45. The van der Waals surface area contributed by atoms with Gasteiger partial charge in [-0.25, -0.2) is 13.4 Å². The second-order valence-corrected chi connectivity index (χ2v) is 9.19. The molecule has 0 unspecified atom stereocenters. The Morgan fingerprint density at radius 2 is 1.89 bits per heavy atom. The number of hydrogen-bond acceptors (Lipinski definition) is 5. The van der Waals surface area contributed by atoms with Crippen LogP contribution in [0, 0.1) is 0 Å². The minimum absolute atomic E-state index is 0.0962. The standard InChI is InChI=1S/C20H26N4O3S/c1-15(2)23(3)28(26,27)18-8-6-7-16(13-18)20(25)22-17-9-10-19(21-14-17)24-11-4-5-12-24/h6-10,13-15H,4-5,11-12H2,1-3H3,(H,22,25). The monoisotopic (exact) mass is 402 g/mol. The van der Waals surface area contributed by atoms with Crippen molar-refractivity contribution >= 4 is 27.4 Å². The number of carbonyl (C=O) groups excluding carboxylic acids is 1. The van der Waals surface area contributed by atoms with E-state index in [1.807, 2.05) is 12.1 Å². The van der Waals surface area contributed by atoms with Gasteiger partial charge in [0.2, 0.25) is 10.0 Å². The highest BCUT2D eigenvalue weighted by Crippen LogP contribution is 2.21. The zero-order valence-corrected chi connectivity index (χ0v) is 17.2. The average Bonchev–Trinajstić information content (AvgIpc) is 3.22. The van der Waals surface area contributed by atoms with Crippen molar-refractivity contribution in [2.24, 2.45) is 0 Å². The second kappa shape index (κ2) is 8.28. The summed E-state index contributed by atoms with van der Waals surface area (Å²) in [5.41, 5.74) is 0.849. The highest BCUT2D eigenvalue weighted by molar-refractivity contribution is 7.89. The molecule has 2 heterocycles. The molecule has 1 aromatic heterocycles. The minimum Gasteiger partial charge on any atom is -0.357 e. The van der Waals surface area contributed by atoms with Crippen LogP contribution in [0.2, 0.25) is 0 Å². The summed E-state index contributed by atoms with van der Waals surface area (Å²) in [5, 5.41) is 2.78. The SMILES string of the molecule is CC(C)N(C)S(=O)(=O)c1cccc(C(=O)Nc2ccc(N3CCCC3)nc2)c1. The lowest BCUT2D eigenvalue weighted by Gasteiger charge is -2.21. The number of sulfonamides is 1. The fraction of sp³-hybridized carbons (Fsp3) is 0.400. The van der Waals surface area contributed by atoms with Gasteiger partial charge in [-0.05, 0) is 57.0 Å². The van der Waals surface area contributed by atoms with Gasteiger partial charge < -0.3 is 10.2 Å². The van der Waals surface area contributed by atoms with Gasteiger partial charge in [-0.1, -0.05) is 6.07 Å². The highest BCUT2D eigenvalue weighted by atomic mass is 32.2. The fourth-order valence-electron chi connectivity index (χ4n) is 3.04. The maximum absolute atomic E-state index is 12.6. The number of pyridine rings is 1. The smallest absolute Gasteiger partial charge is 0.255 e. The first kappa shape index (κ1) is 20.3. The molecule has 1 aliphatic heterocycles. The first-order valence-electron chi connectivity index (χ1n) is 9.39. The van der Waals surface area contributed by atoms with Gasteiger partial charge in [-0.15, -0.1) is 0 Å². The number of anilines is 2. The van der Waals surface area contributed by atoms with Gasteiger partial charge in [-0.3, -0.25) is 4.79 Å². The molecule has 150 valence electrons. The van der Waals surface area contributed by atoms with E-state index in [1.165, 1.54) is 36.3 Å². The Labute approximate surface area is 166 Å². The molecule has 0 bridgehead atoms. The van der Waals surface area contributed by atoms with E-state index in [-0.39, 0.29) is 22.4 Å². The van der Waals surface area contributed by atoms with Crippen LogP contribution in [0.4, 0.5) is 11.5 Å². The molecule has 1 aliphatic rings. The zero-order valence-electron chi connectivity index (χ0n) is 16.4. The average molecular weight is 403 g/mol. The quantitative estimate of drug-likeness (QED) is 0.803. The van der Waals surface area contributed by atoms with Crippen LogP contribution in [0.1, 0.15) is 37.0 Å². The van der Waals surface area contributed by atoms with E-state index in [1.54, 1.807) is 32.2 Å². The number of aromatic nitrogens is 1. The van der Waals surface area contributed by atoms with E-state index >= 15 is 0 Å². The summed E-state index contributed by atoms with van der Waals surface area (Å²) < 4.78 is 26.6. The van der Waals surface area contributed by atoms with Gasteiger partial charge in [0.15, 0.2) is 0 Å². The van der Waals surface area contributed by atoms with Crippen molar-refractivity contribution in [1.82, 2.24) is 9.29 Å². The largest absolute Gasteiger partial charge is 0.357 e. The highest BCUT2D eigenvalue weighted by Gasteiger charge is 2.24. The molecule has 7 nitrogen and oxygen atoms in total. The summed E-state index contributed by atoms with van der Waals surface area (Å²) in [6.45, 7) is 5.61. The summed E-state index contributed by atoms with van der Waals surface area (Å²) >= 11 is 0. The molecule has 1 saturated heterocycles. The Morgan fingerprint density at radius 3 is 2.50 bits per heavy atom. The van der Waals surface area contributed by atoms with Gasteiger partial charge in [0.05, 0.1) is 16.8 Å². The summed E-state index contributed by atoms with van der Waals surface area (Å²) in [6.07, 6.45) is 3.97. The molecular weight excluding hydrogens is 376 g/mol. The Balaban J connectivity index is 1.74. The Morgan fingerprint density at radius 1 is 1.18 bits per heavy atom. The fourth-order valence-corrected chi connectivity index (χ4v) is 4.45. The Kier molecular flexibility index (Phi) is 6.00. The van der Waals surface area contributed by atoms with Crippen LogP contribution in [-0.2, 0) is 10.0 Å². The van der Waals surface area contributed by atoms with Crippen molar-refractivity contribution < 1.29 is 13.2 Å². The minimum atomic E-state index is -3.65. The van der Waals surface area contributed by atoms with Gasteiger partial charge in [0, 0.05) is 31.7 Å². The van der Waals surface area contributed by atoms with Gasteiger partial charge >= 0.3 is 0 Å². The molecule has 28 heavy (non-hydrogen) atoms. The molecule has 0 aliphatic carbocycles. The summed E-state index contributed by atoms with van der Waals surface area (Å²) in [5.74, 6) is 0.528. The van der Waals surface area contributed by atoms with E-state index in [4.69, 9.17) is 0 Å². The predicted octanol–water partition coefficient (Wildman–Crippen LogP) is 2.96. The zero-order chi connectivity index (χ0) is 20.3. The number of hydrogen-bond donors (Lipinski definition) is 1. The lowest BCUT2D eigenvalue weighted by Crippen LogP contribution is -2.33. The third-order valence-electron chi connectivity index (χ3n) is 4.94. The maximum atomic E-state index is 12.6. The van der Waals surface area contributed by atoms with Crippen molar-refractivity contribution in [3.63, 3.8) is 0 Å². The number of carbonyl (C=O) groups is 1. The van der Waals surface area contributed by atoms with Crippen LogP contribution in [0.25, 0.3) is 0 Å². The van der Waals surface area contributed by atoms with Crippen molar-refractivity contribution in [3.05, 3.63) is 48.2 Å². The lowest BCUT2D eigenvalue weighted by atomic mass is 10.2. The molecule has 0 spiro atoms. The first-order chi connectivity index (χ1) is 13.3. The third-order valence-corrected chi connectivity index (χ3v) is 6.97. The molecule has 1 N–H and O–H groups in total. The molecule has 0 atom stereocenters. The van der Waals surface area contributed by atoms with E-state index in [0.29, 0.717) is 5.69 Å². The second-order valence-electron chi connectivity index (χ2n) is 7.20. The van der Waals surface area contributed by atoms with Crippen molar-refractivity contribution in [2.75, 3.05) is 30.4 Å². The molecular formula is C20H26N4O3S. The molecule has 1 aromatic carbocycles. The van der Waals surface area contributed by atoms with Crippen LogP contribution < -0.4 is 10.2 Å². The first-order valence-corrected chi connectivity index (χ1v) is 10.8. The van der Waals surface area contributed by atoms with E-state index in [2.05, 4.69) is 15.2 Å². The summed E-state index contributed by atoms with van der Waals surface area (Å²) in [4.78, 5) is 19.3. The molecule has 8 heteroatoms. The number of benzene rings is 1. The van der Waals surface area contributed by atoms with Crippen LogP contribution in [0.15, 0.2) is 47.5 Å². The maximum Gasteiger partial charge on any atom is 0.255 e. The molecule has 0 radical (unpaired) electrons. The van der Waals surface area contributed by atoms with Crippen LogP contribution in [0.5, 0.6) is 0 Å². The van der Waals surface area contributed by atoms with Crippen LogP contribution >= 0.6 is 0 Å². The lowest BCUT2D eigenvalue weighted by molar-refractivity contribution is 0.102. The number of nitrogens with zero attached hydrogens (tertiary/aromatic N) is 3. The van der Waals surface area contributed by atoms with E-state index < -0.39 is 10.0 Å². The summed E-state index contributed by atoms with van der Waals surface area (Å²) in [7, 11) is -2.12. The van der Waals surface area contributed by atoms with E-state index in [9.17, 15) is 13.2 Å². The van der Waals surface area contributed by atoms with Crippen molar-refractivity contribution in [3.8, 4) is 0 Å². The van der Waals surface area contributed by atoms with Crippen molar-refractivity contribution in [1.29, 1.82) is 0 Å². The number of amides is 1. The van der Waals surface area contributed by atoms with Crippen molar-refractivity contribution in [2.45, 2.75) is 37.6 Å². The normalized spacial score (nSPS) is 14.7. The molecule has 1 fully saturated rings. The molecule has 3 rings (SSSR count). The molecule has 0 saturated carbocycles. The third kappa shape index (κ3) is 4.34. The van der Waals surface area contributed by atoms with Gasteiger partial charge in [0.25, 0.3) is 5.91 Å². The van der Waals surface area contributed by atoms with Gasteiger partial charge in [-0.2, -0.15) is 4.31 Å². The number of nitrogens with one attached hydrogen (secondary N) is 1. The van der Waals surface area contributed by atoms with Gasteiger partial charge in [0.1, 0.15) is 5.82 Å². The molecule has 2 aromatic rings. The Bertz CT molecular complexity index is 936. The molecule has 1 amide bonds. The topological polar surface area (TPSA) is 82.6 Å². The predicted molar refractivity (Wildman–Crippen MR) is 110 cm³/mol. The summed E-state index contributed by atoms with van der Waals surface area (Å²) in [6, 6.07) is 9.58. The number of rotatable bonds is 6. The van der Waals surface area contributed by atoms with Crippen LogP contribution in [-0.4, -0.2) is 49.8 Å². The van der Waals surface area contributed by atoms with Crippen LogP contribution in [0.3, 0.4) is 0 Å².